The van der Waals surface area contributed by atoms with Crippen molar-refractivity contribution in [3.05, 3.63) is 33.8 Å². The molecule has 46 heavy (non-hydrogen) atoms. The molecule has 0 aromatic carbocycles. The van der Waals surface area contributed by atoms with Crippen molar-refractivity contribution in [2.24, 2.45) is 44.8 Å². The number of allylic oxidation sites excluding steroid dienone is 2. The molecule has 0 radical (unpaired) electrons. The lowest BCUT2D eigenvalue weighted by Crippen LogP contribution is -2.72. The van der Waals surface area contributed by atoms with Gasteiger partial charge in [0, 0.05) is 13.0 Å². The third kappa shape index (κ3) is 4.51. The SMILES string of the molecule is CO[C@H]1CC[C@@]2(C)C(CC[C@]3(C)[C@@H]2C(=O)C=C2[C@@H]4C[C@@](C)(C(=O)O)CC[C@]4(C)CC[C@]23C)[C@]1(C)NC(=O)OCc1oc(=O)oc1C. The van der Waals surface area contributed by atoms with Gasteiger partial charge in [-0.05, 0) is 118 Å². The van der Waals surface area contributed by atoms with Gasteiger partial charge >= 0.3 is 17.9 Å². The number of aryl methyl sites for hydroxylation is 1. The number of aliphatic carboxylic acids is 1. The first-order valence-electron chi connectivity index (χ1n) is 16.9. The standard InChI is InChI=1S/C36H51NO9/c1-20-24(46-30(42)45-20)19-44-29(41)37-36(7)25-9-12-35(6)27(33(25,4)11-10-26(36)43-8)23(38)17-21-22-18-32(3,28(39)40)14-13-31(22,2)15-16-34(21,35)5/h17,22,25-27H,9-16,18-19H2,1-8H3,(H,37,41)(H,39,40)/t22-,25?,26-,27+,31+,32-,33-,34+,35+,36-/m0/s1. The number of carbonyl (C=O) groups is 3. The van der Waals surface area contributed by atoms with Gasteiger partial charge in [-0.15, -0.1) is 0 Å². The molecular formula is C36H51NO9. The van der Waals surface area contributed by atoms with E-state index in [4.69, 9.17) is 18.3 Å². The Morgan fingerprint density at radius 2 is 1.67 bits per heavy atom. The molecule has 1 aromatic heterocycles. The lowest BCUT2D eigenvalue weighted by atomic mass is 9.34. The van der Waals surface area contributed by atoms with Crippen molar-refractivity contribution in [1.29, 1.82) is 0 Å². The van der Waals surface area contributed by atoms with Crippen molar-refractivity contribution in [1.82, 2.24) is 5.32 Å². The van der Waals surface area contributed by atoms with E-state index in [0.717, 1.165) is 38.5 Å². The first kappa shape index (κ1) is 33.0. The monoisotopic (exact) mass is 641 g/mol. The number of ether oxygens (including phenoxy) is 2. The molecule has 1 heterocycles. The highest BCUT2D eigenvalue weighted by Crippen LogP contribution is 2.74. The summed E-state index contributed by atoms with van der Waals surface area (Å²) in [6.07, 6.45) is 8.13. The molecule has 4 saturated carbocycles. The number of carboxylic acids is 1. The molecule has 6 rings (SSSR count). The zero-order valence-electron chi connectivity index (χ0n) is 28.7. The van der Waals surface area contributed by atoms with Gasteiger partial charge in [-0.3, -0.25) is 9.59 Å². The fraction of sp³-hybridized carbons (Fsp3) is 0.778. The van der Waals surface area contributed by atoms with E-state index in [1.54, 1.807) is 14.0 Å². The van der Waals surface area contributed by atoms with E-state index >= 15 is 0 Å². The number of carbonyl (C=O) groups excluding carboxylic acids is 2. The molecule has 1 unspecified atom stereocenters. The number of alkyl carbamates (subject to hydrolysis) is 1. The summed E-state index contributed by atoms with van der Waals surface area (Å²) >= 11 is 0. The maximum absolute atomic E-state index is 14.7. The number of amides is 1. The molecule has 0 bridgehead atoms. The van der Waals surface area contributed by atoms with Crippen molar-refractivity contribution < 1.29 is 37.8 Å². The van der Waals surface area contributed by atoms with Gasteiger partial charge in [-0.25, -0.2) is 9.59 Å². The van der Waals surface area contributed by atoms with E-state index in [-0.39, 0.29) is 64.0 Å². The molecule has 2 N–H and O–H groups in total. The van der Waals surface area contributed by atoms with E-state index in [9.17, 15) is 24.3 Å². The summed E-state index contributed by atoms with van der Waals surface area (Å²) in [6.45, 7) is 14.4. The molecule has 0 aliphatic heterocycles. The van der Waals surface area contributed by atoms with Gasteiger partial charge in [0.25, 0.3) is 0 Å². The lowest BCUT2D eigenvalue weighted by Gasteiger charge is -2.70. The highest BCUT2D eigenvalue weighted by atomic mass is 16.6. The van der Waals surface area contributed by atoms with Crippen LogP contribution in [-0.4, -0.2) is 41.7 Å². The molecule has 5 aliphatic carbocycles. The summed E-state index contributed by atoms with van der Waals surface area (Å²) in [5.74, 6) is -1.31. The van der Waals surface area contributed by atoms with Crippen LogP contribution in [0.4, 0.5) is 4.79 Å². The quantitative estimate of drug-likeness (QED) is 0.364. The van der Waals surface area contributed by atoms with E-state index in [2.05, 4.69) is 33.0 Å². The molecule has 10 atom stereocenters. The number of methoxy groups -OCH3 is 1. The summed E-state index contributed by atoms with van der Waals surface area (Å²) in [6, 6.07) is 0. The Morgan fingerprint density at radius 1 is 0.978 bits per heavy atom. The van der Waals surface area contributed by atoms with Crippen LogP contribution in [0.15, 0.2) is 25.3 Å². The van der Waals surface area contributed by atoms with Crippen molar-refractivity contribution in [3.63, 3.8) is 0 Å². The van der Waals surface area contributed by atoms with Crippen LogP contribution >= 0.6 is 0 Å². The fourth-order valence-corrected chi connectivity index (χ4v) is 11.5. The van der Waals surface area contributed by atoms with E-state index in [0.29, 0.717) is 19.3 Å². The Hall–Kier alpha value is -2.88. The van der Waals surface area contributed by atoms with Crippen LogP contribution in [0.2, 0.25) is 0 Å². The number of ketones is 1. The Morgan fingerprint density at radius 3 is 2.30 bits per heavy atom. The average molecular weight is 642 g/mol. The fourth-order valence-electron chi connectivity index (χ4n) is 11.5. The predicted molar refractivity (Wildman–Crippen MR) is 168 cm³/mol. The summed E-state index contributed by atoms with van der Waals surface area (Å²) < 4.78 is 21.4. The second-order valence-corrected chi connectivity index (χ2v) is 16.7. The van der Waals surface area contributed by atoms with E-state index < -0.39 is 34.3 Å². The molecular weight excluding hydrogens is 590 g/mol. The topological polar surface area (TPSA) is 145 Å². The highest BCUT2D eigenvalue weighted by Gasteiger charge is 2.71. The third-order valence-corrected chi connectivity index (χ3v) is 14.5. The van der Waals surface area contributed by atoms with Crippen molar-refractivity contribution >= 4 is 17.8 Å². The van der Waals surface area contributed by atoms with Gasteiger partial charge in [0.1, 0.15) is 0 Å². The van der Waals surface area contributed by atoms with Gasteiger partial charge < -0.3 is 28.7 Å². The van der Waals surface area contributed by atoms with E-state index in [1.807, 2.05) is 19.9 Å². The normalized spacial score (nSPS) is 45.0. The zero-order chi connectivity index (χ0) is 33.7. The summed E-state index contributed by atoms with van der Waals surface area (Å²) in [5, 5.41) is 13.3. The van der Waals surface area contributed by atoms with Crippen molar-refractivity contribution in [2.45, 2.75) is 125 Å². The van der Waals surface area contributed by atoms with Crippen LogP contribution in [0.3, 0.4) is 0 Å². The molecule has 0 spiro atoms. The largest absolute Gasteiger partial charge is 0.519 e. The lowest BCUT2D eigenvalue weighted by molar-refractivity contribution is -0.195. The van der Waals surface area contributed by atoms with Crippen molar-refractivity contribution in [2.75, 3.05) is 7.11 Å². The highest BCUT2D eigenvalue weighted by molar-refractivity contribution is 5.95. The van der Waals surface area contributed by atoms with Gasteiger partial charge in [-0.2, -0.15) is 0 Å². The molecule has 1 aromatic rings. The minimum Gasteiger partial charge on any atom is -0.481 e. The Bertz CT molecular complexity index is 1540. The Kier molecular flexibility index (Phi) is 7.58. The second kappa shape index (κ2) is 10.6. The Balaban J connectivity index is 1.34. The number of hydrogen-bond donors (Lipinski definition) is 2. The van der Waals surface area contributed by atoms with Gasteiger partial charge in [0.15, 0.2) is 23.9 Å². The number of hydrogen-bond acceptors (Lipinski definition) is 8. The summed E-state index contributed by atoms with van der Waals surface area (Å²) in [4.78, 5) is 51.8. The number of carboxylic acid groups (broad SMARTS) is 1. The smallest absolute Gasteiger partial charge is 0.481 e. The average Bonchev–Trinajstić information content (AvgIpc) is 3.30. The molecule has 5 aliphatic rings. The predicted octanol–water partition coefficient (Wildman–Crippen LogP) is 6.58. The van der Waals surface area contributed by atoms with Crippen molar-refractivity contribution in [3.8, 4) is 0 Å². The van der Waals surface area contributed by atoms with Gasteiger partial charge in [0.05, 0.1) is 17.1 Å². The van der Waals surface area contributed by atoms with Crippen LogP contribution in [0.5, 0.6) is 0 Å². The van der Waals surface area contributed by atoms with Gasteiger partial charge in [0.2, 0.25) is 0 Å². The maximum atomic E-state index is 14.7. The second-order valence-electron chi connectivity index (χ2n) is 16.7. The minimum absolute atomic E-state index is 0.0121. The maximum Gasteiger partial charge on any atom is 0.519 e. The third-order valence-electron chi connectivity index (χ3n) is 14.5. The molecule has 1 amide bonds. The van der Waals surface area contributed by atoms with Crippen LogP contribution in [-0.2, 0) is 25.7 Å². The molecule has 0 saturated heterocycles. The van der Waals surface area contributed by atoms with Crippen LogP contribution < -0.4 is 11.1 Å². The zero-order valence-corrected chi connectivity index (χ0v) is 28.7. The molecule has 10 heteroatoms. The van der Waals surface area contributed by atoms with Crippen LogP contribution in [0.25, 0.3) is 0 Å². The Labute approximate surface area is 271 Å². The summed E-state index contributed by atoms with van der Waals surface area (Å²) in [5.41, 5.74) is -1.45. The van der Waals surface area contributed by atoms with E-state index in [1.165, 1.54) is 5.57 Å². The molecule has 4 fully saturated rings. The molecule has 10 nitrogen and oxygen atoms in total. The van der Waals surface area contributed by atoms with Crippen LogP contribution in [0.1, 0.15) is 111 Å². The first-order chi connectivity index (χ1) is 21.4. The van der Waals surface area contributed by atoms with Crippen LogP contribution in [0, 0.1) is 51.8 Å². The minimum atomic E-state index is -0.846. The summed E-state index contributed by atoms with van der Waals surface area (Å²) in [7, 11) is 1.66. The number of rotatable bonds is 5. The van der Waals surface area contributed by atoms with Gasteiger partial charge in [-0.1, -0.05) is 33.3 Å². The number of nitrogens with one attached hydrogen (secondary N) is 1. The molecule has 254 valence electrons. The first-order valence-corrected chi connectivity index (χ1v) is 16.9. The number of fused-ring (bicyclic) bond motifs is 7.